The number of aromatic nitrogens is 2. The molecule has 1 aromatic heterocycles. The number of benzene rings is 1. The average molecular weight is 364 g/mol. The van der Waals surface area contributed by atoms with Gasteiger partial charge in [-0.1, -0.05) is 33.6 Å². The van der Waals surface area contributed by atoms with E-state index in [4.69, 9.17) is 4.42 Å². The Kier molecular flexibility index (Phi) is 4.04. The van der Waals surface area contributed by atoms with E-state index in [0.717, 1.165) is 36.1 Å². The second-order valence-corrected chi connectivity index (χ2v) is 6.82. The highest BCUT2D eigenvalue weighted by Gasteiger charge is 2.31. The number of aryl methyl sites for hydroxylation is 3. The van der Waals surface area contributed by atoms with Gasteiger partial charge < -0.3 is 9.32 Å². The fourth-order valence-corrected chi connectivity index (χ4v) is 3.72. The molecule has 6 heteroatoms. The third kappa shape index (κ3) is 2.67. The lowest BCUT2D eigenvalue weighted by molar-refractivity contribution is 0.0742. The van der Waals surface area contributed by atoms with E-state index in [-0.39, 0.29) is 16.7 Å². The van der Waals surface area contributed by atoms with Gasteiger partial charge in [0.2, 0.25) is 5.89 Å². The molecule has 0 aliphatic carbocycles. The number of rotatable bonds is 2. The van der Waals surface area contributed by atoms with Crippen LogP contribution in [0.5, 0.6) is 0 Å². The number of carbonyl (C=O) groups excluding carboxylic acids is 1. The van der Waals surface area contributed by atoms with Crippen LogP contribution < -0.4 is 0 Å². The van der Waals surface area contributed by atoms with E-state index in [9.17, 15) is 4.79 Å². The van der Waals surface area contributed by atoms with E-state index >= 15 is 0 Å². The van der Waals surface area contributed by atoms with Crippen LogP contribution in [0.25, 0.3) is 11.5 Å². The Morgan fingerprint density at radius 1 is 1.27 bits per heavy atom. The van der Waals surface area contributed by atoms with Gasteiger partial charge in [0, 0.05) is 12.1 Å². The average Bonchev–Trinajstić information content (AvgIpc) is 3.06. The predicted octanol–water partition coefficient (Wildman–Crippen LogP) is 3.62. The highest BCUT2D eigenvalue weighted by Crippen LogP contribution is 2.29. The zero-order valence-electron chi connectivity index (χ0n) is 12.9. The molecule has 5 nitrogen and oxygen atoms in total. The van der Waals surface area contributed by atoms with Crippen molar-refractivity contribution in [3.8, 4) is 11.5 Å². The summed E-state index contributed by atoms with van der Waals surface area (Å²) in [6.45, 7) is 6.79. The number of alkyl halides is 1. The Hall–Kier alpha value is -1.69. The molecule has 0 spiro atoms. The minimum Gasteiger partial charge on any atom is -0.412 e. The van der Waals surface area contributed by atoms with E-state index in [0.29, 0.717) is 5.89 Å². The van der Waals surface area contributed by atoms with Gasteiger partial charge in [0.25, 0.3) is 0 Å². The van der Waals surface area contributed by atoms with Gasteiger partial charge in [-0.05, 0) is 44.7 Å². The smallest absolute Gasteiger partial charge is 0.312 e. The van der Waals surface area contributed by atoms with Crippen molar-refractivity contribution >= 4 is 21.8 Å². The Labute approximate surface area is 137 Å². The van der Waals surface area contributed by atoms with Crippen LogP contribution in [0.15, 0.2) is 16.5 Å². The van der Waals surface area contributed by atoms with E-state index in [1.807, 2.05) is 13.8 Å². The molecule has 0 saturated carbocycles. The summed E-state index contributed by atoms with van der Waals surface area (Å²) >= 11 is 3.50. The van der Waals surface area contributed by atoms with Gasteiger partial charge in [-0.3, -0.25) is 4.79 Å². The van der Waals surface area contributed by atoms with Crippen LogP contribution in [0.4, 0.5) is 0 Å². The van der Waals surface area contributed by atoms with E-state index in [1.54, 1.807) is 4.90 Å². The Morgan fingerprint density at radius 2 is 1.95 bits per heavy atom. The number of carbonyl (C=O) groups is 1. The second-order valence-electron chi connectivity index (χ2n) is 5.76. The number of amides is 1. The van der Waals surface area contributed by atoms with Crippen LogP contribution in [0.3, 0.4) is 0 Å². The fourth-order valence-electron chi connectivity index (χ4n) is 3.01. The maximum absolute atomic E-state index is 12.4. The summed E-state index contributed by atoms with van der Waals surface area (Å²) in [6.07, 6.45) is 1.93. The van der Waals surface area contributed by atoms with Gasteiger partial charge in [-0.25, -0.2) is 0 Å². The lowest BCUT2D eigenvalue weighted by Crippen LogP contribution is -2.32. The third-order valence-corrected chi connectivity index (χ3v) is 4.89. The fraction of sp³-hybridized carbons (Fsp3) is 0.438. The summed E-state index contributed by atoms with van der Waals surface area (Å²) < 4.78 is 5.66. The van der Waals surface area contributed by atoms with Crippen LogP contribution in [0.1, 0.15) is 40.2 Å². The summed E-state index contributed by atoms with van der Waals surface area (Å²) in [5.41, 5.74) is 4.24. The third-order valence-electron chi connectivity index (χ3n) is 3.94. The van der Waals surface area contributed by atoms with Crippen molar-refractivity contribution in [2.24, 2.45) is 0 Å². The molecule has 3 rings (SSSR count). The molecule has 1 unspecified atom stereocenters. The summed E-state index contributed by atoms with van der Waals surface area (Å²) in [5.74, 6) is 0.255. The molecule has 2 aromatic rings. The molecule has 1 atom stereocenters. The number of likely N-dealkylation sites (tertiary alicyclic amines) is 1. The minimum atomic E-state index is -0.208. The molecule has 1 fully saturated rings. The quantitative estimate of drug-likeness (QED) is 0.603. The van der Waals surface area contributed by atoms with Crippen molar-refractivity contribution in [1.82, 2.24) is 15.1 Å². The zero-order valence-corrected chi connectivity index (χ0v) is 14.5. The van der Waals surface area contributed by atoms with Crippen molar-refractivity contribution in [1.29, 1.82) is 0 Å². The van der Waals surface area contributed by atoms with Crippen LogP contribution in [0.2, 0.25) is 0 Å². The molecular formula is C16H18BrN3O2. The first kappa shape index (κ1) is 15.2. The van der Waals surface area contributed by atoms with Crippen LogP contribution in [-0.4, -0.2) is 32.5 Å². The van der Waals surface area contributed by atoms with E-state index in [2.05, 4.69) is 45.2 Å². The van der Waals surface area contributed by atoms with Crippen molar-refractivity contribution < 1.29 is 9.21 Å². The van der Waals surface area contributed by atoms with Gasteiger partial charge in [-0.15, -0.1) is 10.2 Å². The first-order valence-corrected chi connectivity index (χ1v) is 8.25. The molecule has 2 heterocycles. The molecule has 116 valence electrons. The van der Waals surface area contributed by atoms with Crippen molar-refractivity contribution in [2.45, 2.75) is 38.6 Å². The molecule has 0 N–H and O–H groups in total. The van der Waals surface area contributed by atoms with Crippen LogP contribution >= 0.6 is 15.9 Å². The Balaban J connectivity index is 1.93. The van der Waals surface area contributed by atoms with E-state index < -0.39 is 0 Å². The van der Waals surface area contributed by atoms with Gasteiger partial charge in [-0.2, -0.15) is 0 Å². The maximum Gasteiger partial charge on any atom is 0.312 e. The highest BCUT2D eigenvalue weighted by molar-refractivity contribution is 9.09. The Morgan fingerprint density at radius 3 is 2.55 bits per heavy atom. The second kappa shape index (κ2) is 5.83. The lowest BCUT2D eigenvalue weighted by atomic mass is 10.00. The molecule has 1 aliphatic rings. The van der Waals surface area contributed by atoms with Crippen LogP contribution in [0, 0.1) is 20.8 Å². The molecule has 1 aromatic carbocycles. The minimum absolute atomic E-state index is 0.0539. The maximum atomic E-state index is 12.4. The van der Waals surface area contributed by atoms with Crippen molar-refractivity contribution in [2.75, 3.05) is 6.54 Å². The van der Waals surface area contributed by atoms with Gasteiger partial charge in [0.1, 0.15) is 0 Å². The molecule has 22 heavy (non-hydrogen) atoms. The highest BCUT2D eigenvalue weighted by atomic mass is 79.9. The number of halogens is 1. The number of hydrogen-bond donors (Lipinski definition) is 0. The monoisotopic (exact) mass is 363 g/mol. The molecular weight excluding hydrogens is 346 g/mol. The topological polar surface area (TPSA) is 59.2 Å². The van der Waals surface area contributed by atoms with Gasteiger partial charge >= 0.3 is 11.8 Å². The Bertz CT molecular complexity index is 703. The summed E-state index contributed by atoms with van der Waals surface area (Å²) in [7, 11) is 0. The van der Waals surface area contributed by atoms with Gasteiger partial charge in [0.15, 0.2) is 0 Å². The lowest BCUT2D eigenvalue weighted by Gasteiger charge is -2.17. The largest absolute Gasteiger partial charge is 0.412 e. The number of hydrogen-bond acceptors (Lipinski definition) is 4. The summed E-state index contributed by atoms with van der Waals surface area (Å²) in [6, 6.07) is 4.14. The van der Waals surface area contributed by atoms with Gasteiger partial charge in [0.05, 0.1) is 4.95 Å². The molecule has 1 aliphatic heterocycles. The zero-order chi connectivity index (χ0) is 15.9. The number of nitrogens with zero attached hydrogens (tertiary/aromatic N) is 3. The summed E-state index contributed by atoms with van der Waals surface area (Å²) in [4.78, 5) is 14.2. The molecule has 1 amide bonds. The standard InChI is InChI=1S/C16H18BrN3O2/c1-9-7-10(2)13(11(3)8-9)14-18-19-15(22-14)16(21)20-6-4-5-12(20)17/h7-8,12H,4-6H2,1-3H3. The normalized spacial score (nSPS) is 18.0. The first-order chi connectivity index (χ1) is 10.5. The predicted molar refractivity (Wildman–Crippen MR) is 86.9 cm³/mol. The molecule has 0 radical (unpaired) electrons. The SMILES string of the molecule is Cc1cc(C)c(-c2nnc(C(=O)N3CCCC3Br)o2)c(C)c1. The molecule has 1 saturated heterocycles. The van der Waals surface area contributed by atoms with Crippen molar-refractivity contribution in [3.63, 3.8) is 0 Å². The van der Waals surface area contributed by atoms with Crippen molar-refractivity contribution in [3.05, 3.63) is 34.7 Å². The van der Waals surface area contributed by atoms with Crippen LogP contribution in [-0.2, 0) is 0 Å². The molecule has 0 bridgehead atoms. The summed E-state index contributed by atoms with van der Waals surface area (Å²) in [5, 5.41) is 8.02. The first-order valence-electron chi connectivity index (χ1n) is 7.34. The van der Waals surface area contributed by atoms with E-state index in [1.165, 1.54) is 5.56 Å².